The lowest BCUT2D eigenvalue weighted by molar-refractivity contribution is -0.124. The van der Waals surface area contributed by atoms with E-state index in [9.17, 15) is 4.79 Å². The highest BCUT2D eigenvalue weighted by Gasteiger charge is 2.42. The van der Waals surface area contributed by atoms with E-state index in [4.69, 9.17) is 9.26 Å². The number of aromatic nitrogens is 2. The summed E-state index contributed by atoms with van der Waals surface area (Å²) in [5, 5.41) is 7.04. The average Bonchev–Trinajstić information content (AvgIpc) is 3.24. The minimum absolute atomic E-state index is 0.0238. The van der Waals surface area contributed by atoms with Crippen LogP contribution < -0.4 is 5.32 Å². The molecule has 3 atom stereocenters. The van der Waals surface area contributed by atoms with E-state index in [1.807, 2.05) is 26.0 Å². The second kappa shape index (κ2) is 7.17. The first kappa shape index (κ1) is 17.2. The summed E-state index contributed by atoms with van der Waals surface area (Å²) in [4.78, 5) is 19.2. The Hall–Kier alpha value is -2.25. The molecule has 1 N–H and O–H groups in total. The van der Waals surface area contributed by atoms with Crippen molar-refractivity contribution in [2.75, 3.05) is 18.5 Å². The molecular formula is C19H24N4O3. The van der Waals surface area contributed by atoms with Gasteiger partial charge in [-0.3, -0.25) is 14.7 Å². The van der Waals surface area contributed by atoms with Crippen LogP contribution in [-0.4, -0.2) is 46.2 Å². The molecule has 0 bridgehead atoms. The van der Waals surface area contributed by atoms with Gasteiger partial charge in [0.05, 0.1) is 29.6 Å². The molecule has 2 aliphatic rings. The lowest BCUT2D eigenvalue weighted by Gasteiger charge is -2.40. The van der Waals surface area contributed by atoms with E-state index >= 15 is 0 Å². The molecule has 2 aromatic rings. The highest BCUT2D eigenvalue weighted by molar-refractivity contribution is 5.92. The van der Waals surface area contributed by atoms with Crippen molar-refractivity contribution < 1.29 is 14.1 Å². The molecule has 138 valence electrons. The first-order chi connectivity index (χ1) is 12.6. The number of hydrogen-bond acceptors (Lipinski definition) is 6. The first-order valence-corrected chi connectivity index (χ1v) is 9.10. The van der Waals surface area contributed by atoms with Gasteiger partial charge in [0.2, 0.25) is 5.91 Å². The summed E-state index contributed by atoms with van der Waals surface area (Å²) in [5.74, 6) is 0.755. The van der Waals surface area contributed by atoms with Gasteiger partial charge in [-0.25, -0.2) is 0 Å². The number of nitrogens with zero attached hydrogens (tertiary/aromatic N) is 3. The zero-order chi connectivity index (χ0) is 18.1. The van der Waals surface area contributed by atoms with Crippen molar-refractivity contribution in [2.45, 2.75) is 45.4 Å². The van der Waals surface area contributed by atoms with Crippen molar-refractivity contribution in [3.8, 4) is 0 Å². The van der Waals surface area contributed by atoms with Crippen molar-refractivity contribution in [3.05, 3.63) is 41.5 Å². The van der Waals surface area contributed by atoms with Crippen LogP contribution in [0.3, 0.4) is 0 Å². The van der Waals surface area contributed by atoms with Crippen molar-refractivity contribution >= 4 is 11.6 Å². The molecule has 4 heterocycles. The summed E-state index contributed by atoms with van der Waals surface area (Å²) in [5.41, 5.74) is 2.76. The van der Waals surface area contributed by atoms with E-state index in [0.29, 0.717) is 12.6 Å². The maximum Gasteiger partial charge on any atom is 0.228 e. The molecule has 2 fully saturated rings. The molecule has 4 rings (SSSR count). The van der Waals surface area contributed by atoms with Crippen molar-refractivity contribution in [3.63, 3.8) is 0 Å². The van der Waals surface area contributed by atoms with Gasteiger partial charge in [-0.1, -0.05) is 5.16 Å². The number of rotatable bonds is 4. The minimum atomic E-state index is -0.116. The fraction of sp³-hybridized carbons (Fsp3) is 0.526. The molecule has 2 aromatic heterocycles. The molecule has 0 aliphatic carbocycles. The highest BCUT2D eigenvalue weighted by Crippen LogP contribution is 2.33. The fourth-order valence-electron chi connectivity index (χ4n) is 4.04. The number of pyridine rings is 1. The van der Waals surface area contributed by atoms with Gasteiger partial charge in [-0.15, -0.1) is 0 Å². The third-order valence-electron chi connectivity index (χ3n) is 5.46. The third-order valence-corrected chi connectivity index (χ3v) is 5.46. The molecule has 0 unspecified atom stereocenters. The van der Waals surface area contributed by atoms with Crippen LogP contribution in [-0.2, 0) is 16.1 Å². The number of piperidine rings is 1. The lowest BCUT2D eigenvalue weighted by Crippen LogP contribution is -2.51. The fourth-order valence-corrected chi connectivity index (χ4v) is 4.04. The number of ether oxygens (including phenoxy) is 1. The molecule has 7 nitrogen and oxygen atoms in total. The standard InChI is InChI=1S/C19H24N4O3/c1-12-16(13(2)26-22-12)11-23-10-14(8-18-17(23)5-7-25-18)19(24)21-15-4-3-6-20-9-15/h3-4,6,9,14,17-18H,5,7-8,10-11H2,1-2H3,(H,21,24)/t14-,17+,18+/m1/s1. The minimum Gasteiger partial charge on any atom is -0.377 e. The van der Waals surface area contributed by atoms with E-state index in [1.54, 1.807) is 12.4 Å². The summed E-state index contributed by atoms with van der Waals surface area (Å²) >= 11 is 0. The molecular weight excluding hydrogens is 332 g/mol. The number of carbonyl (C=O) groups is 1. The van der Waals surface area contributed by atoms with Gasteiger partial charge < -0.3 is 14.6 Å². The Morgan fingerprint density at radius 1 is 1.42 bits per heavy atom. The maximum atomic E-state index is 12.8. The number of aryl methyl sites for hydroxylation is 2. The van der Waals surface area contributed by atoms with Crippen molar-refractivity contribution in [1.82, 2.24) is 15.0 Å². The van der Waals surface area contributed by atoms with Crippen LogP contribution in [0.2, 0.25) is 0 Å². The van der Waals surface area contributed by atoms with Gasteiger partial charge in [-0.2, -0.15) is 0 Å². The van der Waals surface area contributed by atoms with E-state index in [-0.39, 0.29) is 17.9 Å². The van der Waals surface area contributed by atoms with Gasteiger partial charge >= 0.3 is 0 Å². The van der Waals surface area contributed by atoms with Gasteiger partial charge in [-0.05, 0) is 38.8 Å². The summed E-state index contributed by atoms with van der Waals surface area (Å²) in [6.07, 6.45) is 5.23. The van der Waals surface area contributed by atoms with Crippen LogP contribution in [0.15, 0.2) is 29.0 Å². The van der Waals surface area contributed by atoms with Gasteiger partial charge in [0.25, 0.3) is 0 Å². The largest absolute Gasteiger partial charge is 0.377 e. The highest BCUT2D eigenvalue weighted by atomic mass is 16.5. The lowest BCUT2D eigenvalue weighted by atomic mass is 9.89. The monoisotopic (exact) mass is 356 g/mol. The Labute approximate surface area is 152 Å². The topological polar surface area (TPSA) is 80.5 Å². The number of anilines is 1. The van der Waals surface area contributed by atoms with Gasteiger partial charge in [0.1, 0.15) is 5.76 Å². The molecule has 7 heteroatoms. The SMILES string of the molecule is Cc1noc(C)c1CN1C[C@H](C(=O)Nc2cccnc2)C[C@@H]2OCC[C@@H]21. The summed E-state index contributed by atoms with van der Waals surface area (Å²) in [7, 11) is 0. The Bertz CT molecular complexity index is 757. The molecule has 1 amide bonds. The van der Waals surface area contributed by atoms with Crippen LogP contribution in [0.5, 0.6) is 0 Å². The quantitative estimate of drug-likeness (QED) is 0.905. The summed E-state index contributed by atoms with van der Waals surface area (Å²) < 4.78 is 11.2. The Balaban J connectivity index is 1.50. The first-order valence-electron chi connectivity index (χ1n) is 9.10. The second-order valence-corrected chi connectivity index (χ2v) is 7.16. The second-order valence-electron chi connectivity index (χ2n) is 7.16. The van der Waals surface area contributed by atoms with E-state index in [2.05, 4.69) is 20.4 Å². The third kappa shape index (κ3) is 3.37. The number of nitrogens with one attached hydrogen (secondary N) is 1. The molecule has 26 heavy (non-hydrogen) atoms. The summed E-state index contributed by atoms with van der Waals surface area (Å²) in [6, 6.07) is 4.02. The van der Waals surface area contributed by atoms with Gasteiger partial charge in [0, 0.05) is 37.5 Å². The van der Waals surface area contributed by atoms with Crippen LogP contribution >= 0.6 is 0 Å². The predicted molar refractivity (Wildman–Crippen MR) is 95.5 cm³/mol. The summed E-state index contributed by atoms with van der Waals surface area (Å²) in [6.45, 7) is 6.10. The molecule has 2 aliphatic heterocycles. The van der Waals surface area contributed by atoms with Crippen LogP contribution in [0.25, 0.3) is 0 Å². The molecule has 2 saturated heterocycles. The van der Waals surface area contributed by atoms with Crippen LogP contribution in [0.4, 0.5) is 5.69 Å². The molecule has 0 radical (unpaired) electrons. The van der Waals surface area contributed by atoms with E-state index in [0.717, 1.165) is 48.7 Å². The zero-order valence-corrected chi connectivity index (χ0v) is 15.1. The van der Waals surface area contributed by atoms with Gasteiger partial charge in [0.15, 0.2) is 0 Å². The smallest absolute Gasteiger partial charge is 0.228 e. The van der Waals surface area contributed by atoms with E-state index in [1.165, 1.54) is 0 Å². The number of hydrogen-bond donors (Lipinski definition) is 1. The number of amides is 1. The predicted octanol–water partition coefficient (Wildman–Crippen LogP) is 2.30. The van der Waals surface area contributed by atoms with Crippen LogP contribution in [0.1, 0.15) is 29.9 Å². The number of likely N-dealkylation sites (tertiary alicyclic amines) is 1. The van der Waals surface area contributed by atoms with Crippen molar-refractivity contribution in [2.24, 2.45) is 5.92 Å². The van der Waals surface area contributed by atoms with Crippen molar-refractivity contribution in [1.29, 1.82) is 0 Å². The molecule has 0 spiro atoms. The number of fused-ring (bicyclic) bond motifs is 1. The normalized spacial score (nSPS) is 25.8. The average molecular weight is 356 g/mol. The zero-order valence-electron chi connectivity index (χ0n) is 15.1. The molecule has 0 aromatic carbocycles. The van der Waals surface area contributed by atoms with E-state index < -0.39 is 0 Å². The Kier molecular flexibility index (Phi) is 4.74. The Morgan fingerprint density at radius 3 is 3.04 bits per heavy atom. The Morgan fingerprint density at radius 2 is 2.31 bits per heavy atom. The maximum absolute atomic E-state index is 12.8. The number of carbonyl (C=O) groups excluding carboxylic acids is 1. The van der Waals surface area contributed by atoms with Crippen LogP contribution in [0, 0.1) is 19.8 Å². The molecule has 0 saturated carbocycles.